The van der Waals surface area contributed by atoms with Crippen LogP contribution in [-0.2, 0) is 18.6 Å². The fourth-order valence-corrected chi connectivity index (χ4v) is 2.89. The highest BCUT2D eigenvalue weighted by molar-refractivity contribution is 6.66. The molecule has 1 aromatic carbocycles. The van der Waals surface area contributed by atoms with E-state index in [0.717, 1.165) is 10.9 Å². The Hall–Kier alpha value is -1.01. The van der Waals surface area contributed by atoms with E-state index in [4.69, 9.17) is 18.6 Å². The van der Waals surface area contributed by atoms with Crippen LogP contribution in [-0.4, -0.2) is 41.7 Å². The van der Waals surface area contributed by atoms with Gasteiger partial charge in [-0.1, -0.05) is 6.07 Å². The Labute approximate surface area is 151 Å². The average molecular weight is 346 g/mol. The molecule has 7 heteroatoms. The number of hydrogen-bond donors (Lipinski definition) is 1. The predicted molar refractivity (Wildman–Crippen MR) is 99.5 cm³/mol. The first-order valence-corrected chi connectivity index (χ1v) is 8.79. The second-order valence-corrected chi connectivity index (χ2v) is 9.03. The minimum absolute atomic E-state index is 0.136. The summed E-state index contributed by atoms with van der Waals surface area (Å²) in [6.07, 6.45) is 0. The van der Waals surface area contributed by atoms with Crippen molar-refractivity contribution in [2.24, 2.45) is 0 Å². The van der Waals surface area contributed by atoms with Crippen molar-refractivity contribution in [1.82, 2.24) is 0 Å². The lowest BCUT2D eigenvalue weighted by Crippen LogP contribution is -2.41. The number of aromatic hydroxyl groups is 1. The number of hydrogen-bond acceptors (Lipinski definition) is 5. The topological polar surface area (TPSA) is 57.2 Å². The van der Waals surface area contributed by atoms with Crippen LogP contribution >= 0.6 is 0 Å². The Kier molecular flexibility index (Phi) is 4.12. The molecule has 0 aliphatic carbocycles. The summed E-state index contributed by atoms with van der Waals surface area (Å²) in [5.74, 6) is 0.136. The van der Waals surface area contributed by atoms with E-state index in [9.17, 15) is 5.11 Å². The van der Waals surface area contributed by atoms with Crippen LogP contribution in [0.4, 0.5) is 0 Å². The monoisotopic (exact) mass is 346 g/mol. The summed E-state index contributed by atoms with van der Waals surface area (Å²) >= 11 is 0. The molecule has 0 saturated carbocycles. The largest absolute Gasteiger partial charge is 0.508 e. The fraction of sp³-hybridized carbons (Fsp3) is 0.667. The zero-order valence-corrected chi connectivity index (χ0v) is 16.5. The quantitative estimate of drug-likeness (QED) is 0.831. The molecule has 2 fully saturated rings. The van der Waals surface area contributed by atoms with Crippen molar-refractivity contribution in [2.75, 3.05) is 0 Å². The van der Waals surface area contributed by atoms with Crippen molar-refractivity contribution in [1.29, 1.82) is 0 Å². The van der Waals surface area contributed by atoms with Gasteiger partial charge >= 0.3 is 14.2 Å². The van der Waals surface area contributed by atoms with Gasteiger partial charge in [0.25, 0.3) is 0 Å². The van der Waals surface area contributed by atoms with Crippen LogP contribution in [0.1, 0.15) is 55.4 Å². The highest BCUT2D eigenvalue weighted by Crippen LogP contribution is 2.38. The minimum atomic E-state index is -0.543. The van der Waals surface area contributed by atoms with E-state index in [1.807, 2.05) is 61.5 Å². The van der Waals surface area contributed by atoms with E-state index in [2.05, 4.69) is 0 Å². The molecular formula is C18H28B2O5. The lowest BCUT2D eigenvalue weighted by molar-refractivity contribution is 0.00578. The molecule has 0 radical (unpaired) electrons. The smallest absolute Gasteiger partial charge is 0.494 e. The van der Waals surface area contributed by atoms with Crippen LogP contribution in [0.25, 0.3) is 0 Å². The van der Waals surface area contributed by atoms with Gasteiger partial charge in [0.2, 0.25) is 0 Å². The third-order valence-corrected chi connectivity index (χ3v) is 6.01. The Morgan fingerprint density at radius 2 is 0.880 bits per heavy atom. The van der Waals surface area contributed by atoms with Gasteiger partial charge in [0.05, 0.1) is 22.4 Å². The zero-order valence-electron chi connectivity index (χ0n) is 16.5. The minimum Gasteiger partial charge on any atom is -0.508 e. The molecule has 2 aliphatic heterocycles. The standard InChI is InChI=1S/C18H28B2O5/c1-15(2)16(3,4)23-19(22-15)12-9-13(11-14(21)10-12)20-24-17(5,6)18(7,8)25-20/h9-11,21H,1-8H3. The summed E-state index contributed by atoms with van der Waals surface area (Å²) in [6.45, 7) is 16.0. The number of phenolic OH excluding ortho intramolecular Hbond substituents is 1. The maximum absolute atomic E-state index is 10.2. The van der Waals surface area contributed by atoms with Gasteiger partial charge in [-0.25, -0.2) is 0 Å². The molecule has 3 rings (SSSR count). The number of benzene rings is 1. The highest BCUT2D eigenvalue weighted by Gasteiger charge is 2.54. The third kappa shape index (κ3) is 3.12. The molecule has 136 valence electrons. The van der Waals surface area contributed by atoms with E-state index in [0.29, 0.717) is 0 Å². The molecule has 2 saturated heterocycles. The molecule has 1 N–H and O–H groups in total. The van der Waals surface area contributed by atoms with Gasteiger partial charge in [-0.3, -0.25) is 0 Å². The molecule has 5 nitrogen and oxygen atoms in total. The maximum Gasteiger partial charge on any atom is 0.494 e. The zero-order chi connectivity index (χ0) is 18.8. The molecule has 0 bridgehead atoms. The Bertz CT molecular complexity index is 598. The molecule has 0 unspecified atom stereocenters. The van der Waals surface area contributed by atoms with Gasteiger partial charge in [-0.15, -0.1) is 0 Å². The first kappa shape index (κ1) is 18.8. The van der Waals surface area contributed by atoms with Crippen LogP contribution < -0.4 is 10.9 Å². The van der Waals surface area contributed by atoms with Gasteiger partial charge in [-0.05, 0) is 78.4 Å². The van der Waals surface area contributed by atoms with E-state index in [-0.39, 0.29) is 5.75 Å². The van der Waals surface area contributed by atoms with Crippen molar-refractivity contribution in [3.05, 3.63) is 18.2 Å². The van der Waals surface area contributed by atoms with Crippen LogP contribution in [0.2, 0.25) is 0 Å². The molecule has 0 aromatic heterocycles. The lowest BCUT2D eigenvalue weighted by Gasteiger charge is -2.32. The van der Waals surface area contributed by atoms with Crippen molar-refractivity contribution in [3.63, 3.8) is 0 Å². The van der Waals surface area contributed by atoms with Crippen molar-refractivity contribution in [3.8, 4) is 5.75 Å². The van der Waals surface area contributed by atoms with Gasteiger partial charge in [-0.2, -0.15) is 0 Å². The highest BCUT2D eigenvalue weighted by atomic mass is 16.7. The Morgan fingerprint density at radius 3 is 1.16 bits per heavy atom. The van der Waals surface area contributed by atoms with Crippen LogP contribution in [0.5, 0.6) is 5.75 Å². The summed E-state index contributed by atoms with van der Waals surface area (Å²) < 4.78 is 24.4. The van der Waals surface area contributed by atoms with E-state index in [1.54, 1.807) is 12.1 Å². The molecule has 0 spiro atoms. The third-order valence-electron chi connectivity index (χ3n) is 6.01. The maximum atomic E-state index is 10.2. The molecule has 0 atom stereocenters. The molecule has 25 heavy (non-hydrogen) atoms. The second kappa shape index (κ2) is 5.49. The Balaban J connectivity index is 1.91. The Morgan fingerprint density at radius 1 is 0.600 bits per heavy atom. The number of phenols is 1. The predicted octanol–water partition coefficient (Wildman–Crippen LogP) is 1.99. The lowest BCUT2D eigenvalue weighted by atomic mass is 9.71. The van der Waals surface area contributed by atoms with Gasteiger partial charge in [0.15, 0.2) is 0 Å². The molecule has 1 aromatic rings. The SMILES string of the molecule is CC1(C)OB(c2cc(O)cc(B3OC(C)(C)C(C)(C)O3)c2)OC1(C)C. The van der Waals surface area contributed by atoms with Crippen LogP contribution in [0.15, 0.2) is 18.2 Å². The number of rotatable bonds is 2. The van der Waals surface area contributed by atoms with Crippen molar-refractivity contribution < 1.29 is 23.7 Å². The second-order valence-electron chi connectivity index (χ2n) is 9.03. The summed E-state index contributed by atoms with van der Waals surface area (Å²) in [5, 5.41) is 10.2. The van der Waals surface area contributed by atoms with Crippen LogP contribution in [0, 0.1) is 0 Å². The first-order valence-electron chi connectivity index (χ1n) is 8.79. The summed E-state index contributed by atoms with van der Waals surface area (Å²) in [5.41, 5.74) is -0.241. The van der Waals surface area contributed by atoms with Crippen molar-refractivity contribution in [2.45, 2.75) is 77.8 Å². The normalized spacial score (nSPS) is 26.2. The van der Waals surface area contributed by atoms with E-state index < -0.39 is 36.6 Å². The van der Waals surface area contributed by atoms with Gasteiger partial charge in [0, 0.05) is 0 Å². The summed E-state index contributed by atoms with van der Waals surface area (Å²) in [7, 11) is -1.09. The average Bonchev–Trinajstić information content (AvgIpc) is 2.78. The molecular weight excluding hydrogens is 318 g/mol. The first-order chi connectivity index (χ1) is 11.2. The fourth-order valence-electron chi connectivity index (χ4n) is 2.89. The summed E-state index contributed by atoms with van der Waals surface area (Å²) in [6, 6.07) is 5.25. The molecule has 2 heterocycles. The molecule has 2 aliphatic rings. The van der Waals surface area contributed by atoms with Crippen LogP contribution in [0.3, 0.4) is 0 Å². The van der Waals surface area contributed by atoms with Crippen molar-refractivity contribution >= 4 is 25.2 Å². The van der Waals surface area contributed by atoms with E-state index in [1.165, 1.54) is 0 Å². The van der Waals surface area contributed by atoms with Gasteiger partial charge < -0.3 is 23.7 Å². The van der Waals surface area contributed by atoms with E-state index >= 15 is 0 Å². The molecule has 0 amide bonds. The summed E-state index contributed by atoms with van der Waals surface area (Å²) in [4.78, 5) is 0. The van der Waals surface area contributed by atoms with Gasteiger partial charge in [0.1, 0.15) is 5.75 Å².